The van der Waals surface area contributed by atoms with Gasteiger partial charge >= 0.3 is 0 Å². The minimum absolute atomic E-state index is 0.0212. The SMILES string of the molecule is CCOc1ccc(N2C(=O)C(=O)/C(=C(\O)c3ccc(OC)c(C(C)C)c3)C2c2ccccc2)cc1OCC. The molecule has 1 atom stereocenters. The van der Waals surface area contributed by atoms with Gasteiger partial charge in [0.25, 0.3) is 11.7 Å². The van der Waals surface area contributed by atoms with Crippen molar-refractivity contribution in [2.45, 2.75) is 39.7 Å². The number of methoxy groups -OCH3 is 1. The maximum absolute atomic E-state index is 13.5. The fraction of sp³-hybridized carbons (Fsp3) is 0.290. The van der Waals surface area contributed by atoms with Crippen LogP contribution in [0.4, 0.5) is 5.69 Å². The average molecular weight is 516 g/mol. The maximum atomic E-state index is 13.5. The Morgan fingerprint density at radius 2 is 1.55 bits per heavy atom. The predicted molar refractivity (Wildman–Crippen MR) is 147 cm³/mol. The average Bonchev–Trinajstić information content (AvgIpc) is 3.19. The lowest BCUT2D eigenvalue weighted by Gasteiger charge is -2.26. The fourth-order valence-corrected chi connectivity index (χ4v) is 4.73. The molecule has 38 heavy (non-hydrogen) atoms. The van der Waals surface area contributed by atoms with Crippen LogP contribution in [-0.2, 0) is 9.59 Å². The van der Waals surface area contributed by atoms with Gasteiger partial charge < -0.3 is 19.3 Å². The number of amides is 1. The Bertz CT molecular complexity index is 1360. The molecule has 1 saturated heterocycles. The second-order valence-electron chi connectivity index (χ2n) is 9.19. The van der Waals surface area contributed by atoms with Gasteiger partial charge in [0.2, 0.25) is 0 Å². The van der Waals surface area contributed by atoms with E-state index in [9.17, 15) is 14.7 Å². The van der Waals surface area contributed by atoms with Gasteiger partial charge in [-0.05, 0) is 61.2 Å². The summed E-state index contributed by atoms with van der Waals surface area (Å²) in [5.74, 6) is 0.0953. The smallest absolute Gasteiger partial charge is 0.300 e. The lowest BCUT2D eigenvalue weighted by molar-refractivity contribution is -0.132. The molecule has 1 aliphatic rings. The largest absolute Gasteiger partial charge is 0.507 e. The second-order valence-corrected chi connectivity index (χ2v) is 9.19. The van der Waals surface area contributed by atoms with Crippen LogP contribution in [-0.4, -0.2) is 37.1 Å². The van der Waals surface area contributed by atoms with E-state index in [0.717, 1.165) is 5.56 Å². The number of aliphatic hydroxyl groups excluding tert-OH is 1. The summed E-state index contributed by atoms with van der Waals surface area (Å²) in [7, 11) is 1.59. The minimum Gasteiger partial charge on any atom is -0.507 e. The molecule has 1 heterocycles. The highest BCUT2D eigenvalue weighted by Crippen LogP contribution is 2.44. The van der Waals surface area contributed by atoms with E-state index in [4.69, 9.17) is 14.2 Å². The van der Waals surface area contributed by atoms with E-state index in [1.165, 1.54) is 4.90 Å². The zero-order chi connectivity index (χ0) is 27.4. The number of benzene rings is 3. The number of hydrogen-bond acceptors (Lipinski definition) is 6. The van der Waals surface area contributed by atoms with E-state index in [2.05, 4.69) is 0 Å². The normalized spacial score (nSPS) is 16.7. The summed E-state index contributed by atoms with van der Waals surface area (Å²) in [5, 5.41) is 11.5. The fourth-order valence-electron chi connectivity index (χ4n) is 4.73. The van der Waals surface area contributed by atoms with Crippen molar-refractivity contribution in [1.29, 1.82) is 0 Å². The van der Waals surface area contributed by atoms with Crippen molar-refractivity contribution in [3.63, 3.8) is 0 Å². The number of anilines is 1. The summed E-state index contributed by atoms with van der Waals surface area (Å²) in [6.07, 6.45) is 0. The summed E-state index contributed by atoms with van der Waals surface area (Å²) in [6.45, 7) is 8.63. The van der Waals surface area contributed by atoms with E-state index in [1.807, 2.05) is 58.0 Å². The van der Waals surface area contributed by atoms with Crippen LogP contribution in [0.5, 0.6) is 17.2 Å². The quantitative estimate of drug-likeness (QED) is 0.206. The summed E-state index contributed by atoms with van der Waals surface area (Å²) in [4.78, 5) is 28.5. The summed E-state index contributed by atoms with van der Waals surface area (Å²) >= 11 is 0. The Hall–Kier alpha value is -4.26. The Labute approximate surface area is 223 Å². The van der Waals surface area contributed by atoms with E-state index in [-0.39, 0.29) is 17.3 Å². The molecule has 1 fully saturated rings. The van der Waals surface area contributed by atoms with Gasteiger partial charge in [0.05, 0.1) is 31.9 Å². The number of aliphatic hydroxyl groups is 1. The first-order chi connectivity index (χ1) is 18.3. The van der Waals surface area contributed by atoms with Crippen molar-refractivity contribution >= 4 is 23.1 Å². The van der Waals surface area contributed by atoms with Crippen molar-refractivity contribution in [3.8, 4) is 17.2 Å². The summed E-state index contributed by atoms with van der Waals surface area (Å²) < 4.78 is 16.9. The van der Waals surface area contributed by atoms with Crippen LogP contribution in [0.25, 0.3) is 5.76 Å². The molecule has 1 amide bonds. The molecule has 7 nitrogen and oxygen atoms in total. The number of carbonyl (C=O) groups excluding carboxylic acids is 2. The molecule has 0 saturated carbocycles. The molecule has 0 aromatic heterocycles. The maximum Gasteiger partial charge on any atom is 0.300 e. The van der Waals surface area contributed by atoms with E-state index in [0.29, 0.717) is 47.3 Å². The molecule has 0 spiro atoms. The zero-order valence-corrected chi connectivity index (χ0v) is 22.4. The molecule has 3 aromatic rings. The first kappa shape index (κ1) is 26.8. The number of Topliss-reactive ketones (excluding diaryl/α,β-unsaturated/α-hetero) is 1. The van der Waals surface area contributed by atoms with Gasteiger partial charge in [-0.25, -0.2) is 0 Å². The Kier molecular flexibility index (Phi) is 8.05. The van der Waals surface area contributed by atoms with Crippen molar-refractivity contribution in [1.82, 2.24) is 0 Å². The molecule has 0 radical (unpaired) electrons. The van der Waals surface area contributed by atoms with Gasteiger partial charge in [0, 0.05) is 17.3 Å². The first-order valence-electron chi connectivity index (χ1n) is 12.8. The molecule has 0 bridgehead atoms. The third-order valence-electron chi connectivity index (χ3n) is 6.49. The van der Waals surface area contributed by atoms with Crippen LogP contribution in [0.2, 0.25) is 0 Å². The highest BCUT2D eigenvalue weighted by atomic mass is 16.5. The lowest BCUT2D eigenvalue weighted by Crippen LogP contribution is -2.29. The van der Waals surface area contributed by atoms with Crippen LogP contribution in [0.3, 0.4) is 0 Å². The van der Waals surface area contributed by atoms with Crippen LogP contribution >= 0.6 is 0 Å². The Morgan fingerprint density at radius 3 is 2.18 bits per heavy atom. The van der Waals surface area contributed by atoms with Crippen LogP contribution < -0.4 is 19.1 Å². The van der Waals surface area contributed by atoms with Crippen molar-refractivity contribution in [2.75, 3.05) is 25.2 Å². The third-order valence-corrected chi connectivity index (χ3v) is 6.49. The van der Waals surface area contributed by atoms with Crippen LogP contribution in [0.1, 0.15) is 56.3 Å². The number of hydrogen-bond donors (Lipinski definition) is 1. The molecular formula is C31H33NO6. The van der Waals surface area contributed by atoms with Crippen molar-refractivity contribution in [3.05, 3.63) is 89.0 Å². The number of carbonyl (C=O) groups is 2. The minimum atomic E-state index is -0.840. The van der Waals surface area contributed by atoms with Crippen molar-refractivity contribution in [2.24, 2.45) is 0 Å². The summed E-state index contributed by atoms with van der Waals surface area (Å²) in [5.41, 5.74) is 2.50. The number of ether oxygens (including phenoxy) is 3. The summed E-state index contributed by atoms with van der Waals surface area (Å²) in [6, 6.07) is 18.8. The highest BCUT2D eigenvalue weighted by Gasteiger charge is 2.47. The van der Waals surface area contributed by atoms with Gasteiger partial charge in [-0.15, -0.1) is 0 Å². The van der Waals surface area contributed by atoms with Crippen molar-refractivity contribution < 1.29 is 28.9 Å². The van der Waals surface area contributed by atoms with Gasteiger partial charge in [-0.3, -0.25) is 14.5 Å². The molecule has 3 aromatic carbocycles. The van der Waals surface area contributed by atoms with Crippen LogP contribution in [0.15, 0.2) is 72.3 Å². The van der Waals surface area contributed by atoms with Crippen LogP contribution in [0, 0.1) is 0 Å². The van der Waals surface area contributed by atoms with Gasteiger partial charge in [0.1, 0.15) is 11.5 Å². The first-order valence-corrected chi connectivity index (χ1v) is 12.8. The van der Waals surface area contributed by atoms with E-state index in [1.54, 1.807) is 43.5 Å². The van der Waals surface area contributed by atoms with Gasteiger partial charge in [-0.2, -0.15) is 0 Å². The molecule has 1 N–H and O–H groups in total. The molecule has 4 rings (SSSR count). The highest BCUT2D eigenvalue weighted by molar-refractivity contribution is 6.51. The predicted octanol–water partition coefficient (Wildman–Crippen LogP) is 6.24. The Morgan fingerprint density at radius 1 is 0.895 bits per heavy atom. The number of ketones is 1. The number of rotatable bonds is 9. The molecule has 1 unspecified atom stereocenters. The lowest BCUT2D eigenvalue weighted by atomic mass is 9.93. The molecule has 7 heteroatoms. The number of nitrogens with zero attached hydrogens (tertiary/aromatic N) is 1. The van der Waals surface area contributed by atoms with Gasteiger partial charge in [0.15, 0.2) is 11.5 Å². The van der Waals surface area contributed by atoms with Gasteiger partial charge in [-0.1, -0.05) is 44.2 Å². The topological polar surface area (TPSA) is 85.3 Å². The monoisotopic (exact) mass is 515 g/mol. The molecule has 1 aliphatic heterocycles. The molecule has 0 aliphatic carbocycles. The third kappa shape index (κ3) is 4.96. The van der Waals surface area contributed by atoms with E-state index >= 15 is 0 Å². The van der Waals surface area contributed by atoms with E-state index < -0.39 is 17.7 Å². The zero-order valence-electron chi connectivity index (χ0n) is 22.4. The Balaban J connectivity index is 1.91. The standard InChI is InChI=1S/C31H33NO6/c1-6-37-25-16-14-22(18-26(25)38-7-2)32-28(20-11-9-8-10-12-20)27(30(34)31(32)35)29(33)21-13-15-24(36-5)23(17-21)19(3)4/h8-19,28,33H,6-7H2,1-5H3/b29-27-. The molecule has 198 valence electrons. The molecular weight excluding hydrogens is 482 g/mol. The second kappa shape index (κ2) is 11.4.